The first-order chi connectivity index (χ1) is 7.83. The number of benzene rings is 1. The van der Waals surface area contributed by atoms with Gasteiger partial charge in [0.05, 0.1) is 0 Å². The summed E-state index contributed by atoms with van der Waals surface area (Å²) in [6, 6.07) is 5.78. The van der Waals surface area contributed by atoms with E-state index in [-0.39, 0.29) is 25.9 Å². The maximum absolute atomic E-state index is 9.14. The van der Waals surface area contributed by atoms with Crippen LogP contribution in [0.4, 0.5) is 0 Å². The highest BCUT2D eigenvalue weighted by atomic mass is 16.7. The fraction of sp³-hybridized carbons (Fsp3) is 0.500. The molecule has 0 saturated heterocycles. The SMILES string of the molecule is OCC[C@H](CO)Cc1ccc2c(c1)OCO2. The Hall–Kier alpha value is -1.26. The molecule has 4 nitrogen and oxygen atoms in total. The Labute approximate surface area is 94.4 Å². The number of hydrogen-bond acceptors (Lipinski definition) is 4. The molecule has 1 heterocycles. The second-order valence-electron chi connectivity index (χ2n) is 3.95. The molecule has 2 rings (SSSR count). The van der Waals surface area contributed by atoms with Crippen molar-refractivity contribution in [2.75, 3.05) is 20.0 Å². The Balaban J connectivity index is 2.04. The van der Waals surface area contributed by atoms with Gasteiger partial charge in [0.1, 0.15) is 0 Å². The molecule has 2 N–H and O–H groups in total. The van der Waals surface area contributed by atoms with E-state index in [0.717, 1.165) is 23.5 Å². The lowest BCUT2D eigenvalue weighted by molar-refractivity contribution is 0.173. The van der Waals surface area contributed by atoms with Gasteiger partial charge in [0.25, 0.3) is 0 Å². The zero-order chi connectivity index (χ0) is 11.4. The minimum atomic E-state index is 0.0923. The van der Waals surface area contributed by atoms with E-state index >= 15 is 0 Å². The minimum Gasteiger partial charge on any atom is -0.454 e. The average molecular weight is 224 g/mol. The molecule has 1 aliphatic heterocycles. The molecule has 0 aliphatic carbocycles. The number of aliphatic hydroxyl groups is 2. The molecule has 0 radical (unpaired) electrons. The minimum absolute atomic E-state index is 0.0923. The zero-order valence-corrected chi connectivity index (χ0v) is 9.06. The molecule has 4 heteroatoms. The maximum atomic E-state index is 9.14. The Kier molecular flexibility index (Phi) is 3.64. The summed E-state index contributed by atoms with van der Waals surface area (Å²) in [7, 11) is 0. The molecular formula is C12H16O4. The van der Waals surface area contributed by atoms with Crippen molar-refractivity contribution in [1.29, 1.82) is 0 Å². The van der Waals surface area contributed by atoms with Crippen LogP contribution >= 0.6 is 0 Å². The van der Waals surface area contributed by atoms with Gasteiger partial charge in [-0.2, -0.15) is 0 Å². The van der Waals surface area contributed by atoms with Crippen LogP contribution < -0.4 is 9.47 Å². The lowest BCUT2D eigenvalue weighted by Gasteiger charge is -2.12. The molecule has 16 heavy (non-hydrogen) atoms. The Morgan fingerprint density at radius 1 is 1.19 bits per heavy atom. The summed E-state index contributed by atoms with van der Waals surface area (Å²) in [6.45, 7) is 0.476. The second-order valence-corrected chi connectivity index (χ2v) is 3.95. The highest BCUT2D eigenvalue weighted by molar-refractivity contribution is 5.44. The van der Waals surface area contributed by atoms with Crippen LogP contribution in [0.15, 0.2) is 18.2 Å². The van der Waals surface area contributed by atoms with Crippen LogP contribution in [0, 0.1) is 5.92 Å². The van der Waals surface area contributed by atoms with Gasteiger partial charge in [-0.05, 0) is 36.5 Å². The lowest BCUT2D eigenvalue weighted by Crippen LogP contribution is -2.11. The van der Waals surface area contributed by atoms with E-state index in [4.69, 9.17) is 19.7 Å². The van der Waals surface area contributed by atoms with Crippen molar-refractivity contribution >= 4 is 0 Å². The second kappa shape index (κ2) is 5.18. The summed E-state index contributed by atoms with van der Waals surface area (Å²) in [5.41, 5.74) is 1.09. The van der Waals surface area contributed by atoms with Crippen molar-refractivity contribution in [3.63, 3.8) is 0 Å². The smallest absolute Gasteiger partial charge is 0.231 e. The van der Waals surface area contributed by atoms with E-state index in [1.54, 1.807) is 0 Å². The first-order valence-electron chi connectivity index (χ1n) is 5.43. The van der Waals surface area contributed by atoms with Crippen LogP contribution in [0.2, 0.25) is 0 Å². The van der Waals surface area contributed by atoms with Crippen LogP contribution in [-0.4, -0.2) is 30.2 Å². The third kappa shape index (κ3) is 2.46. The summed E-state index contributed by atoms with van der Waals surface area (Å²) in [5, 5.41) is 18.0. The fourth-order valence-corrected chi connectivity index (χ4v) is 1.84. The Morgan fingerprint density at radius 2 is 2.00 bits per heavy atom. The number of hydrogen-bond donors (Lipinski definition) is 2. The lowest BCUT2D eigenvalue weighted by atomic mass is 9.97. The quantitative estimate of drug-likeness (QED) is 0.781. The van der Waals surface area contributed by atoms with Crippen LogP contribution in [0.1, 0.15) is 12.0 Å². The predicted molar refractivity (Wildman–Crippen MR) is 58.5 cm³/mol. The van der Waals surface area contributed by atoms with Crippen LogP contribution in [-0.2, 0) is 6.42 Å². The molecule has 0 saturated carbocycles. The van der Waals surface area contributed by atoms with Crippen molar-refractivity contribution in [1.82, 2.24) is 0 Å². The normalized spacial score (nSPS) is 15.1. The summed E-state index contributed by atoms with van der Waals surface area (Å²) in [6.07, 6.45) is 1.36. The molecule has 88 valence electrons. The molecule has 0 unspecified atom stereocenters. The van der Waals surface area contributed by atoms with Crippen molar-refractivity contribution < 1.29 is 19.7 Å². The van der Waals surface area contributed by atoms with Crippen LogP contribution in [0.25, 0.3) is 0 Å². The molecular weight excluding hydrogens is 208 g/mol. The number of aliphatic hydroxyl groups excluding tert-OH is 2. The summed E-state index contributed by atoms with van der Waals surface area (Å²) < 4.78 is 10.5. The van der Waals surface area contributed by atoms with Gasteiger partial charge in [0, 0.05) is 13.2 Å². The van der Waals surface area contributed by atoms with Gasteiger partial charge in [-0.1, -0.05) is 6.07 Å². The van der Waals surface area contributed by atoms with E-state index in [1.807, 2.05) is 18.2 Å². The molecule has 0 spiro atoms. The maximum Gasteiger partial charge on any atom is 0.231 e. The molecule has 0 amide bonds. The van der Waals surface area contributed by atoms with Crippen molar-refractivity contribution in [2.45, 2.75) is 12.8 Å². The largest absolute Gasteiger partial charge is 0.454 e. The molecule has 1 aliphatic rings. The topological polar surface area (TPSA) is 58.9 Å². The third-order valence-electron chi connectivity index (χ3n) is 2.76. The monoisotopic (exact) mass is 224 g/mol. The van der Waals surface area contributed by atoms with Crippen LogP contribution in [0.3, 0.4) is 0 Å². The standard InChI is InChI=1S/C12H16O4/c13-4-3-10(7-14)5-9-1-2-11-12(6-9)16-8-15-11/h1-2,6,10,13-14H,3-5,7-8H2/t10-/m0/s1. The van der Waals surface area contributed by atoms with Gasteiger partial charge >= 0.3 is 0 Å². The van der Waals surface area contributed by atoms with Crippen molar-refractivity contribution in [3.8, 4) is 11.5 Å². The molecule has 1 aromatic rings. The van der Waals surface area contributed by atoms with E-state index in [9.17, 15) is 0 Å². The molecule has 1 atom stereocenters. The molecule has 0 aromatic heterocycles. The summed E-state index contributed by atoms with van der Waals surface area (Å²) in [5.74, 6) is 1.63. The average Bonchev–Trinajstić information content (AvgIpc) is 2.75. The van der Waals surface area contributed by atoms with E-state index in [2.05, 4.69) is 0 Å². The van der Waals surface area contributed by atoms with Gasteiger partial charge in [-0.3, -0.25) is 0 Å². The first-order valence-corrected chi connectivity index (χ1v) is 5.43. The van der Waals surface area contributed by atoms with Crippen LogP contribution in [0.5, 0.6) is 11.5 Å². The Bertz CT molecular complexity index is 351. The number of fused-ring (bicyclic) bond motifs is 1. The summed E-state index contributed by atoms with van der Waals surface area (Å²) >= 11 is 0. The molecule has 1 aromatic carbocycles. The van der Waals surface area contributed by atoms with Crippen molar-refractivity contribution in [2.24, 2.45) is 5.92 Å². The van der Waals surface area contributed by atoms with Gasteiger partial charge in [-0.15, -0.1) is 0 Å². The van der Waals surface area contributed by atoms with Gasteiger partial charge in [0.2, 0.25) is 6.79 Å². The fourth-order valence-electron chi connectivity index (χ4n) is 1.84. The highest BCUT2D eigenvalue weighted by Gasteiger charge is 2.15. The number of ether oxygens (including phenoxy) is 2. The predicted octanol–water partition coefficient (Wildman–Crippen LogP) is 0.949. The zero-order valence-electron chi connectivity index (χ0n) is 9.06. The van der Waals surface area contributed by atoms with Gasteiger partial charge in [0.15, 0.2) is 11.5 Å². The summed E-state index contributed by atoms with van der Waals surface area (Å²) in [4.78, 5) is 0. The van der Waals surface area contributed by atoms with Crippen molar-refractivity contribution in [3.05, 3.63) is 23.8 Å². The van der Waals surface area contributed by atoms with Gasteiger partial charge < -0.3 is 19.7 Å². The van der Waals surface area contributed by atoms with E-state index in [0.29, 0.717) is 6.42 Å². The highest BCUT2D eigenvalue weighted by Crippen LogP contribution is 2.33. The van der Waals surface area contributed by atoms with Gasteiger partial charge in [-0.25, -0.2) is 0 Å². The van der Waals surface area contributed by atoms with E-state index in [1.165, 1.54) is 0 Å². The first kappa shape index (κ1) is 11.2. The van der Waals surface area contributed by atoms with E-state index < -0.39 is 0 Å². The molecule has 0 bridgehead atoms. The number of rotatable bonds is 5. The Morgan fingerprint density at radius 3 is 2.75 bits per heavy atom. The third-order valence-corrected chi connectivity index (χ3v) is 2.76. The molecule has 0 fully saturated rings.